The van der Waals surface area contributed by atoms with Crippen molar-refractivity contribution in [3.8, 4) is 0 Å². The van der Waals surface area contributed by atoms with Crippen LogP contribution in [0, 0.1) is 0 Å². The summed E-state index contributed by atoms with van der Waals surface area (Å²) >= 11 is 3.38. The molecule has 4 nitrogen and oxygen atoms in total. The van der Waals surface area contributed by atoms with Crippen LogP contribution < -0.4 is 15.5 Å². The first-order valence-electron chi connectivity index (χ1n) is 7.31. The van der Waals surface area contributed by atoms with Crippen LogP contribution >= 0.6 is 15.9 Å². The second kappa shape index (κ2) is 7.84. The number of carbonyl (C=O) groups is 1. The van der Waals surface area contributed by atoms with Crippen LogP contribution in [0.25, 0.3) is 0 Å². The molecule has 0 saturated carbocycles. The van der Waals surface area contributed by atoms with Gasteiger partial charge in [-0.05, 0) is 56.3 Å². The third-order valence-corrected chi connectivity index (χ3v) is 3.83. The molecule has 0 bridgehead atoms. The van der Waals surface area contributed by atoms with Crippen LogP contribution in [0.2, 0.25) is 0 Å². The second-order valence-corrected chi connectivity index (χ2v) is 5.72. The van der Waals surface area contributed by atoms with Crippen LogP contribution in [0.15, 0.2) is 53.0 Å². The van der Waals surface area contributed by atoms with Crippen LogP contribution in [0.1, 0.15) is 13.8 Å². The van der Waals surface area contributed by atoms with Crippen molar-refractivity contribution in [1.29, 1.82) is 0 Å². The zero-order valence-electron chi connectivity index (χ0n) is 12.8. The summed E-state index contributed by atoms with van der Waals surface area (Å²) in [5, 5.41) is 5.63. The van der Waals surface area contributed by atoms with Crippen LogP contribution in [0.5, 0.6) is 0 Å². The van der Waals surface area contributed by atoms with Crippen molar-refractivity contribution < 1.29 is 4.79 Å². The van der Waals surface area contributed by atoms with Crippen LogP contribution in [-0.4, -0.2) is 19.1 Å². The van der Waals surface area contributed by atoms with E-state index in [-0.39, 0.29) is 6.03 Å². The Morgan fingerprint density at radius 2 is 1.64 bits per heavy atom. The minimum absolute atomic E-state index is 0.256. The maximum atomic E-state index is 12.0. The third kappa shape index (κ3) is 4.49. The molecule has 0 aliphatic carbocycles. The molecule has 0 radical (unpaired) electrons. The first kappa shape index (κ1) is 16.4. The Bertz CT molecular complexity index is 624. The van der Waals surface area contributed by atoms with Crippen molar-refractivity contribution in [3.05, 3.63) is 53.0 Å². The molecule has 2 amide bonds. The number of nitrogens with zero attached hydrogens (tertiary/aromatic N) is 1. The van der Waals surface area contributed by atoms with Gasteiger partial charge in [0.05, 0.1) is 0 Å². The van der Waals surface area contributed by atoms with Gasteiger partial charge in [-0.15, -0.1) is 0 Å². The highest BCUT2D eigenvalue weighted by molar-refractivity contribution is 9.10. The van der Waals surface area contributed by atoms with Crippen molar-refractivity contribution in [3.63, 3.8) is 0 Å². The fourth-order valence-corrected chi connectivity index (χ4v) is 2.60. The Kier molecular flexibility index (Phi) is 5.83. The quantitative estimate of drug-likeness (QED) is 0.791. The number of benzene rings is 2. The maximum absolute atomic E-state index is 12.0. The number of halogens is 1. The highest BCUT2D eigenvalue weighted by atomic mass is 79.9. The first-order chi connectivity index (χ1) is 10.6. The molecule has 0 saturated heterocycles. The molecule has 2 aromatic rings. The van der Waals surface area contributed by atoms with Gasteiger partial charge in [0, 0.05) is 34.6 Å². The topological polar surface area (TPSA) is 44.4 Å². The summed E-state index contributed by atoms with van der Waals surface area (Å²) in [6, 6.07) is 15.1. The van der Waals surface area contributed by atoms with Gasteiger partial charge in [-0.2, -0.15) is 0 Å². The molecule has 0 aromatic heterocycles. The Morgan fingerprint density at radius 1 is 1.00 bits per heavy atom. The lowest BCUT2D eigenvalue weighted by molar-refractivity contribution is 0.262. The summed E-state index contributed by atoms with van der Waals surface area (Å²) < 4.78 is 0.925. The van der Waals surface area contributed by atoms with Gasteiger partial charge >= 0.3 is 6.03 Å². The number of anilines is 3. The number of rotatable bonds is 5. The molecule has 2 aromatic carbocycles. The molecule has 116 valence electrons. The number of carbonyl (C=O) groups excluding carboxylic acids is 1. The standard InChI is InChI=1S/C17H20BrN3O/c1-3-21(4-2)16-10-8-14(9-11-16)19-17(22)20-15-7-5-6-13(18)12-15/h5-12H,3-4H2,1-2H3,(H2,19,20,22). The predicted octanol–water partition coefficient (Wildman–Crippen LogP) is 4.94. The lowest BCUT2D eigenvalue weighted by Crippen LogP contribution is -2.22. The van der Waals surface area contributed by atoms with E-state index in [0.717, 1.165) is 34.6 Å². The molecule has 0 aliphatic heterocycles. The minimum atomic E-state index is -0.256. The lowest BCUT2D eigenvalue weighted by Gasteiger charge is -2.21. The van der Waals surface area contributed by atoms with Gasteiger partial charge in [-0.1, -0.05) is 22.0 Å². The Hall–Kier alpha value is -2.01. The summed E-state index contributed by atoms with van der Waals surface area (Å²) in [6.07, 6.45) is 0. The van der Waals surface area contributed by atoms with E-state index in [4.69, 9.17) is 0 Å². The summed E-state index contributed by atoms with van der Waals surface area (Å²) in [4.78, 5) is 14.2. The Labute approximate surface area is 139 Å². The molecule has 0 atom stereocenters. The van der Waals surface area contributed by atoms with Gasteiger partial charge in [0.2, 0.25) is 0 Å². The highest BCUT2D eigenvalue weighted by Crippen LogP contribution is 2.19. The average Bonchev–Trinajstić information content (AvgIpc) is 2.50. The summed E-state index contributed by atoms with van der Waals surface area (Å²) in [5.41, 5.74) is 2.66. The van der Waals surface area contributed by atoms with E-state index in [1.807, 2.05) is 48.5 Å². The molecule has 2 rings (SSSR count). The van der Waals surface area contributed by atoms with E-state index in [0.29, 0.717) is 0 Å². The van der Waals surface area contributed by atoms with Crippen molar-refractivity contribution in [2.24, 2.45) is 0 Å². The van der Waals surface area contributed by atoms with Gasteiger partial charge in [-0.25, -0.2) is 4.79 Å². The van der Waals surface area contributed by atoms with E-state index >= 15 is 0 Å². The second-order valence-electron chi connectivity index (χ2n) is 4.81. The first-order valence-corrected chi connectivity index (χ1v) is 8.10. The van der Waals surface area contributed by atoms with E-state index in [2.05, 4.69) is 45.3 Å². The number of nitrogens with one attached hydrogen (secondary N) is 2. The van der Waals surface area contributed by atoms with E-state index in [1.165, 1.54) is 0 Å². The molecule has 0 unspecified atom stereocenters. The molecule has 0 spiro atoms. The van der Waals surface area contributed by atoms with Gasteiger partial charge < -0.3 is 15.5 Å². The Balaban J connectivity index is 1.97. The maximum Gasteiger partial charge on any atom is 0.323 e. The van der Waals surface area contributed by atoms with E-state index in [9.17, 15) is 4.79 Å². The van der Waals surface area contributed by atoms with Crippen LogP contribution in [0.3, 0.4) is 0 Å². The zero-order chi connectivity index (χ0) is 15.9. The molecule has 0 fully saturated rings. The van der Waals surface area contributed by atoms with E-state index < -0.39 is 0 Å². The largest absolute Gasteiger partial charge is 0.372 e. The minimum Gasteiger partial charge on any atom is -0.372 e. The van der Waals surface area contributed by atoms with Crippen molar-refractivity contribution in [2.75, 3.05) is 28.6 Å². The van der Waals surface area contributed by atoms with E-state index in [1.54, 1.807) is 0 Å². The summed E-state index contributed by atoms with van der Waals surface area (Å²) in [6.45, 7) is 6.18. The number of urea groups is 1. The Morgan fingerprint density at radius 3 is 2.23 bits per heavy atom. The summed E-state index contributed by atoms with van der Waals surface area (Å²) in [5.74, 6) is 0. The van der Waals surface area contributed by atoms with Crippen molar-refractivity contribution >= 4 is 39.0 Å². The molecule has 2 N–H and O–H groups in total. The van der Waals surface area contributed by atoms with Gasteiger partial charge in [0.1, 0.15) is 0 Å². The SMILES string of the molecule is CCN(CC)c1ccc(NC(=O)Nc2cccc(Br)c2)cc1. The third-order valence-electron chi connectivity index (χ3n) is 3.34. The predicted molar refractivity (Wildman–Crippen MR) is 96.8 cm³/mol. The lowest BCUT2D eigenvalue weighted by atomic mass is 10.2. The van der Waals surface area contributed by atoms with Gasteiger partial charge in [-0.3, -0.25) is 0 Å². The van der Waals surface area contributed by atoms with Crippen LogP contribution in [-0.2, 0) is 0 Å². The fraction of sp³-hybridized carbons (Fsp3) is 0.235. The molecule has 5 heteroatoms. The highest BCUT2D eigenvalue weighted by Gasteiger charge is 2.05. The number of hydrogen-bond donors (Lipinski definition) is 2. The fourth-order valence-electron chi connectivity index (χ4n) is 2.20. The smallest absolute Gasteiger partial charge is 0.323 e. The normalized spacial score (nSPS) is 10.1. The summed E-state index contributed by atoms with van der Waals surface area (Å²) in [7, 11) is 0. The monoisotopic (exact) mass is 361 g/mol. The molecular weight excluding hydrogens is 342 g/mol. The number of hydrogen-bond acceptors (Lipinski definition) is 2. The average molecular weight is 362 g/mol. The van der Waals surface area contributed by atoms with Gasteiger partial charge in [0.25, 0.3) is 0 Å². The zero-order valence-corrected chi connectivity index (χ0v) is 14.4. The van der Waals surface area contributed by atoms with Crippen molar-refractivity contribution in [1.82, 2.24) is 0 Å². The van der Waals surface area contributed by atoms with Gasteiger partial charge in [0.15, 0.2) is 0 Å². The molecule has 22 heavy (non-hydrogen) atoms. The molecule has 0 heterocycles. The number of amides is 2. The molecule has 0 aliphatic rings. The van der Waals surface area contributed by atoms with Crippen molar-refractivity contribution in [2.45, 2.75) is 13.8 Å². The molecular formula is C17H20BrN3O. The van der Waals surface area contributed by atoms with Crippen LogP contribution in [0.4, 0.5) is 21.9 Å².